The van der Waals surface area contributed by atoms with Gasteiger partial charge in [-0.2, -0.15) is 0 Å². The third kappa shape index (κ3) is 6.49. The van der Waals surface area contributed by atoms with Crippen molar-refractivity contribution < 1.29 is 9.47 Å². The predicted molar refractivity (Wildman–Crippen MR) is 179 cm³/mol. The van der Waals surface area contributed by atoms with E-state index < -0.39 is 0 Å². The molecule has 0 aromatic heterocycles. The lowest BCUT2D eigenvalue weighted by Crippen LogP contribution is -2.42. The molecule has 1 N–H and O–H groups in total. The van der Waals surface area contributed by atoms with Crippen LogP contribution >= 0.6 is 35.4 Å². The molecule has 0 saturated heterocycles. The third-order valence-electron chi connectivity index (χ3n) is 7.29. The van der Waals surface area contributed by atoms with E-state index in [-0.39, 0.29) is 6.04 Å². The molecule has 6 nitrogen and oxygen atoms in total. The molecule has 9 heteroatoms. The number of aliphatic imine (C=N–C) groups is 1. The molecule has 1 heterocycles. The molecule has 0 bridgehead atoms. The number of benzene rings is 4. The van der Waals surface area contributed by atoms with Gasteiger partial charge >= 0.3 is 0 Å². The van der Waals surface area contributed by atoms with Crippen molar-refractivity contribution >= 4 is 63.8 Å². The number of hydrogen-bond acceptors (Lipinski definition) is 5. The number of thiocarbonyl (C=S) groups is 1. The van der Waals surface area contributed by atoms with E-state index in [0.29, 0.717) is 38.9 Å². The van der Waals surface area contributed by atoms with E-state index in [4.69, 9.17) is 49.9 Å². The van der Waals surface area contributed by atoms with E-state index in [1.807, 2.05) is 38.5 Å². The van der Waals surface area contributed by atoms with E-state index in [2.05, 4.69) is 57.6 Å². The minimum atomic E-state index is -0.178. The van der Waals surface area contributed by atoms with Crippen LogP contribution in [0.1, 0.15) is 28.3 Å². The van der Waals surface area contributed by atoms with Crippen molar-refractivity contribution in [3.63, 3.8) is 0 Å². The Labute approximate surface area is 262 Å². The number of methoxy groups -OCH3 is 2. The molecule has 0 fully saturated rings. The molecule has 4 aromatic carbocycles. The summed E-state index contributed by atoms with van der Waals surface area (Å²) < 4.78 is 11.3. The molecule has 42 heavy (non-hydrogen) atoms. The lowest BCUT2D eigenvalue weighted by atomic mass is 9.87. The monoisotopic (exact) mass is 618 g/mol. The minimum Gasteiger partial charge on any atom is -0.493 e. The number of hydrogen-bond donors (Lipinski definition) is 1. The Morgan fingerprint density at radius 3 is 2.31 bits per heavy atom. The zero-order valence-corrected chi connectivity index (χ0v) is 26.2. The lowest BCUT2D eigenvalue weighted by molar-refractivity contribution is 0.330. The quantitative estimate of drug-likeness (QED) is 0.166. The average Bonchev–Trinajstić information content (AvgIpc) is 3.00. The Balaban J connectivity index is 1.47. The topological polar surface area (TPSA) is 49.3 Å². The SMILES string of the molecule is COc1cc2c(cc1OC)[C@H](c1ccc(N=Cc3ccc(N(C)C)cc3)cc1)N(C(=S)Nc1cc(Cl)ccc1Cl)CC2. The number of nitrogens with zero attached hydrogens (tertiary/aromatic N) is 3. The molecular formula is C33H32Cl2N4O2S. The van der Waals surface area contributed by atoms with Crippen LogP contribution in [0.4, 0.5) is 17.1 Å². The Morgan fingerprint density at radius 2 is 1.64 bits per heavy atom. The molecule has 216 valence electrons. The number of fused-ring (bicyclic) bond motifs is 1. The standard InChI is InChI=1S/C33H32Cl2N4O2S/c1-38(2)26-12-5-21(6-13-26)20-36-25-10-7-22(8-11-25)32-27-19-31(41-4)30(40-3)17-23(27)15-16-39(32)33(42)37-29-18-24(34)9-14-28(29)35/h5-14,17-20,32H,15-16H2,1-4H3,(H,37,42)/t32-/m0/s1. The summed E-state index contributed by atoms with van der Waals surface area (Å²) in [6, 6.07) is 25.7. The maximum Gasteiger partial charge on any atom is 0.174 e. The molecule has 4 aromatic rings. The van der Waals surface area contributed by atoms with Gasteiger partial charge in [-0.05, 0) is 95.5 Å². The molecule has 0 radical (unpaired) electrons. The summed E-state index contributed by atoms with van der Waals surface area (Å²) in [4.78, 5) is 8.95. The van der Waals surface area contributed by atoms with Crippen LogP contribution in [0.25, 0.3) is 0 Å². The Morgan fingerprint density at radius 1 is 0.952 bits per heavy atom. The van der Waals surface area contributed by atoms with Gasteiger partial charge in [-0.1, -0.05) is 47.5 Å². The summed E-state index contributed by atoms with van der Waals surface area (Å²) in [7, 11) is 7.35. The molecule has 5 rings (SSSR count). The fourth-order valence-electron chi connectivity index (χ4n) is 5.05. The summed E-state index contributed by atoms with van der Waals surface area (Å²) in [5.41, 5.74) is 7.05. The number of rotatable bonds is 7. The average molecular weight is 620 g/mol. The van der Waals surface area contributed by atoms with Crippen molar-refractivity contribution in [2.45, 2.75) is 12.5 Å². The smallest absolute Gasteiger partial charge is 0.174 e. The summed E-state index contributed by atoms with van der Waals surface area (Å²) in [5.74, 6) is 1.37. The van der Waals surface area contributed by atoms with Crippen molar-refractivity contribution in [2.24, 2.45) is 4.99 Å². The van der Waals surface area contributed by atoms with Crippen molar-refractivity contribution in [1.82, 2.24) is 4.90 Å². The van der Waals surface area contributed by atoms with Gasteiger partial charge < -0.3 is 24.6 Å². The first-order valence-corrected chi connectivity index (χ1v) is 14.6. The Kier molecular flexibility index (Phi) is 9.21. The van der Waals surface area contributed by atoms with Crippen LogP contribution < -0.4 is 19.7 Å². The van der Waals surface area contributed by atoms with Crippen LogP contribution in [0.15, 0.2) is 83.9 Å². The second-order valence-electron chi connectivity index (χ2n) is 10.1. The predicted octanol–water partition coefficient (Wildman–Crippen LogP) is 8.17. The van der Waals surface area contributed by atoms with E-state index in [1.54, 1.807) is 32.4 Å². The first kappa shape index (κ1) is 29.7. The Bertz CT molecular complexity index is 1610. The molecule has 0 unspecified atom stereocenters. The number of ether oxygens (including phenoxy) is 2. The summed E-state index contributed by atoms with van der Waals surface area (Å²) in [6.07, 6.45) is 2.66. The van der Waals surface area contributed by atoms with Crippen LogP contribution in [0.2, 0.25) is 10.0 Å². The zero-order valence-electron chi connectivity index (χ0n) is 23.9. The first-order valence-electron chi connectivity index (χ1n) is 13.5. The summed E-state index contributed by atoms with van der Waals surface area (Å²) >= 11 is 18.7. The van der Waals surface area contributed by atoms with Crippen molar-refractivity contribution in [3.8, 4) is 11.5 Å². The number of anilines is 2. The van der Waals surface area contributed by atoms with Crippen LogP contribution in [-0.4, -0.2) is 51.1 Å². The number of nitrogens with one attached hydrogen (secondary N) is 1. The molecule has 1 atom stereocenters. The van der Waals surface area contributed by atoms with Crippen molar-refractivity contribution in [2.75, 3.05) is 45.1 Å². The highest BCUT2D eigenvalue weighted by atomic mass is 35.5. The molecule has 0 saturated carbocycles. The van der Waals surface area contributed by atoms with Gasteiger partial charge in [0, 0.05) is 37.6 Å². The zero-order chi connectivity index (χ0) is 29.8. The number of halogens is 2. The highest BCUT2D eigenvalue weighted by molar-refractivity contribution is 7.80. The second-order valence-corrected chi connectivity index (χ2v) is 11.4. The fraction of sp³-hybridized carbons (Fsp3) is 0.212. The van der Waals surface area contributed by atoms with E-state index in [0.717, 1.165) is 34.5 Å². The fourth-order valence-corrected chi connectivity index (χ4v) is 5.70. The van der Waals surface area contributed by atoms with Crippen LogP contribution in [0.5, 0.6) is 11.5 Å². The van der Waals surface area contributed by atoms with Gasteiger partial charge in [0.15, 0.2) is 16.6 Å². The van der Waals surface area contributed by atoms with Gasteiger partial charge in [0.25, 0.3) is 0 Å². The second kappa shape index (κ2) is 13.0. The van der Waals surface area contributed by atoms with Crippen molar-refractivity contribution in [1.29, 1.82) is 0 Å². The first-order chi connectivity index (χ1) is 20.3. The third-order valence-corrected chi connectivity index (χ3v) is 8.19. The summed E-state index contributed by atoms with van der Waals surface area (Å²) in [6.45, 7) is 0.694. The largest absolute Gasteiger partial charge is 0.493 e. The minimum absolute atomic E-state index is 0.178. The maximum absolute atomic E-state index is 6.45. The van der Waals surface area contributed by atoms with Crippen LogP contribution in [0, 0.1) is 0 Å². The van der Waals surface area contributed by atoms with Crippen LogP contribution in [-0.2, 0) is 6.42 Å². The van der Waals surface area contributed by atoms with Gasteiger partial charge in [0.1, 0.15) is 0 Å². The summed E-state index contributed by atoms with van der Waals surface area (Å²) in [5, 5.41) is 4.99. The van der Waals surface area contributed by atoms with Gasteiger partial charge in [-0.15, -0.1) is 0 Å². The molecule has 0 aliphatic carbocycles. The highest BCUT2D eigenvalue weighted by Gasteiger charge is 2.32. The van der Waals surface area contributed by atoms with E-state index in [1.165, 1.54) is 5.56 Å². The molecule has 0 spiro atoms. The molecular weight excluding hydrogens is 587 g/mol. The van der Waals surface area contributed by atoms with Crippen molar-refractivity contribution in [3.05, 3.63) is 111 Å². The van der Waals surface area contributed by atoms with Gasteiger partial charge in [-0.3, -0.25) is 4.99 Å². The maximum atomic E-state index is 6.45. The molecule has 1 aliphatic rings. The highest BCUT2D eigenvalue weighted by Crippen LogP contribution is 2.42. The van der Waals surface area contributed by atoms with Crippen LogP contribution in [0.3, 0.4) is 0 Å². The van der Waals surface area contributed by atoms with Gasteiger partial charge in [-0.25, -0.2) is 0 Å². The molecule has 0 amide bonds. The van der Waals surface area contributed by atoms with Gasteiger partial charge in [0.2, 0.25) is 0 Å². The normalized spacial score (nSPS) is 14.4. The lowest BCUT2D eigenvalue weighted by Gasteiger charge is -2.40. The molecule has 1 aliphatic heterocycles. The Hall–Kier alpha value is -3.78. The van der Waals surface area contributed by atoms with E-state index in [9.17, 15) is 0 Å². The van der Waals surface area contributed by atoms with Gasteiger partial charge in [0.05, 0.1) is 36.7 Å². The van der Waals surface area contributed by atoms with E-state index >= 15 is 0 Å².